The zero-order chi connectivity index (χ0) is 8.48. The Bertz CT molecular complexity index is 242. The number of rotatable bonds is 2. The van der Waals surface area contributed by atoms with Crippen molar-refractivity contribution in [3.8, 4) is 0 Å². The van der Waals surface area contributed by atoms with E-state index in [1.54, 1.807) is 11.3 Å². The molecule has 0 aromatic carbocycles. The molecule has 1 aromatic heterocycles. The number of hydrogen-bond donors (Lipinski definition) is 1. The summed E-state index contributed by atoms with van der Waals surface area (Å²) in [7, 11) is 0. The van der Waals surface area contributed by atoms with Crippen molar-refractivity contribution in [1.82, 2.24) is 0 Å². The molecule has 0 saturated heterocycles. The lowest BCUT2D eigenvalue weighted by Gasteiger charge is -2.20. The molecule has 1 aromatic rings. The van der Waals surface area contributed by atoms with Gasteiger partial charge in [0.25, 0.3) is 0 Å². The summed E-state index contributed by atoms with van der Waals surface area (Å²) in [6.07, 6.45) is 0.972. The highest BCUT2D eigenvalue weighted by molar-refractivity contribution is 9.11. The fourth-order valence-corrected chi connectivity index (χ4v) is 2.31. The molecular weight excluding hydrogens is 222 g/mol. The predicted octanol–water partition coefficient (Wildman–Crippen LogP) is 3.09. The van der Waals surface area contributed by atoms with E-state index in [0.29, 0.717) is 0 Å². The predicted molar refractivity (Wildman–Crippen MR) is 53.8 cm³/mol. The number of nitrogens with two attached hydrogens (primary N) is 1. The highest BCUT2D eigenvalue weighted by Crippen LogP contribution is 2.31. The Morgan fingerprint density at radius 3 is 2.64 bits per heavy atom. The van der Waals surface area contributed by atoms with Gasteiger partial charge in [-0.25, -0.2) is 0 Å². The molecule has 0 saturated carbocycles. The average molecular weight is 234 g/mol. The second kappa shape index (κ2) is 3.25. The van der Waals surface area contributed by atoms with Gasteiger partial charge in [-0.15, -0.1) is 11.3 Å². The molecule has 2 N–H and O–H groups in total. The SMILES string of the molecule is CC[C@](C)(N)c1ccc(Br)s1. The van der Waals surface area contributed by atoms with E-state index in [-0.39, 0.29) is 5.54 Å². The van der Waals surface area contributed by atoms with Crippen LogP contribution in [-0.2, 0) is 5.54 Å². The van der Waals surface area contributed by atoms with E-state index in [2.05, 4.69) is 35.8 Å². The summed E-state index contributed by atoms with van der Waals surface area (Å²) in [4.78, 5) is 1.24. The standard InChI is InChI=1S/C8H12BrNS/c1-3-8(2,10)6-4-5-7(9)11-6/h4-5H,3,10H2,1-2H3/t8-/m0/s1. The van der Waals surface area contributed by atoms with Crippen LogP contribution in [0, 0.1) is 0 Å². The van der Waals surface area contributed by atoms with Gasteiger partial charge in [-0.2, -0.15) is 0 Å². The molecule has 0 radical (unpaired) electrons. The van der Waals surface area contributed by atoms with Gasteiger partial charge in [0.15, 0.2) is 0 Å². The fourth-order valence-electron chi connectivity index (χ4n) is 0.795. The molecule has 62 valence electrons. The van der Waals surface area contributed by atoms with E-state index in [1.165, 1.54) is 4.88 Å². The van der Waals surface area contributed by atoms with Gasteiger partial charge in [0.1, 0.15) is 0 Å². The van der Waals surface area contributed by atoms with Crippen LogP contribution in [-0.4, -0.2) is 0 Å². The van der Waals surface area contributed by atoms with Gasteiger partial charge in [0.2, 0.25) is 0 Å². The minimum atomic E-state index is -0.156. The zero-order valence-corrected chi connectivity index (χ0v) is 9.13. The third-order valence-corrected chi connectivity index (χ3v) is 3.77. The first-order valence-electron chi connectivity index (χ1n) is 3.61. The summed E-state index contributed by atoms with van der Waals surface area (Å²) in [5.74, 6) is 0. The molecule has 0 bridgehead atoms. The van der Waals surface area contributed by atoms with Crippen molar-refractivity contribution in [2.24, 2.45) is 5.73 Å². The molecule has 0 aliphatic rings. The summed E-state index contributed by atoms with van der Waals surface area (Å²) < 4.78 is 1.15. The van der Waals surface area contributed by atoms with Crippen molar-refractivity contribution in [2.75, 3.05) is 0 Å². The van der Waals surface area contributed by atoms with Gasteiger partial charge < -0.3 is 5.73 Å². The second-order valence-electron chi connectivity index (χ2n) is 2.87. The van der Waals surface area contributed by atoms with Crippen LogP contribution < -0.4 is 5.73 Å². The summed E-state index contributed by atoms with van der Waals surface area (Å²) >= 11 is 5.13. The van der Waals surface area contributed by atoms with Crippen LogP contribution in [0.3, 0.4) is 0 Å². The van der Waals surface area contributed by atoms with E-state index < -0.39 is 0 Å². The van der Waals surface area contributed by atoms with Gasteiger partial charge in [0.05, 0.1) is 3.79 Å². The van der Waals surface area contributed by atoms with Crippen LogP contribution in [0.2, 0.25) is 0 Å². The molecule has 11 heavy (non-hydrogen) atoms. The molecule has 0 amide bonds. The summed E-state index contributed by atoms with van der Waals surface area (Å²) in [5, 5.41) is 0. The maximum absolute atomic E-state index is 6.04. The van der Waals surface area contributed by atoms with Crippen LogP contribution in [0.1, 0.15) is 25.1 Å². The number of halogens is 1. The highest BCUT2D eigenvalue weighted by atomic mass is 79.9. The first kappa shape index (κ1) is 9.23. The summed E-state index contributed by atoms with van der Waals surface area (Å²) in [6.45, 7) is 4.17. The van der Waals surface area contributed by atoms with Gasteiger partial charge >= 0.3 is 0 Å². The van der Waals surface area contributed by atoms with Crippen molar-refractivity contribution >= 4 is 27.3 Å². The lowest BCUT2D eigenvalue weighted by Crippen LogP contribution is -2.30. The fraction of sp³-hybridized carbons (Fsp3) is 0.500. The van der Waals surface area contributed by atoms with Crippen molar-refractivity contribution < 1.29 is 0 Å². The minimum absolute atomic E-state index is 0.156. The van der Waals surface area contributed by atoms with Crippen molar-refractivity contribution in [3.63, 3.8) is 0 Å². The van der Waals surface area contributed by atoms with E-state index in [9.17, 15) is 0 Å². The Balaban J connectivity index is 2.92. The normalized spacial score (nSPS) is 16.4. The van der Waals surface area contributed by atoms with Crippen molar-refractivity contribution in [3.05, 3.63) is 20.8 Å². The Morgan fingerprint density at radius 1 is 1.64 bits per heavy atom. The summed E-state index contributed by atoms with van der Waals surface area (Å²) in [5.41, 5.74) is 5.88. The summed E-state index contributed by atoms with van der Waals surface area (Å²) in [6, 6.07) is 4.12. The highest BCUT2D eigenvalue weighted by Gasteiger charge is 2.19. The molecule has 1 heterocycles. The van der Waals surface area contributed by atoms with E-state index in [0.717, 1.165) is 10.2 Å². The molecule has 0 aliphatic carbocycles. The Hall–Kier alpha value is 0.140. The maximum atomic E-state index is 6.04. The van der Waals surface area contributed by atoms with E-state index >= 15 is 0 Å². The number of hydrogen-bond acceptors (Lipinski definition) is 2. The second-order valence-corrected chi connectivity index (χ2v) is 5.34. The monoisotopic (exact) mass is 233 g/mol. The van der Waals surface area contributed by atoms with Gasteiger partial charge in [0, 0.05) is 10.4 Å². The molecule has 0 spiro atoms. The molecule has 0 aliphatic heterocycles. The smallest absolute Gasteiger partial charge is 0.0702 e. The van der Waals surface area contributed by atoms with Crippen molar-refractivity contribution in [2.45, 2.75) is 25.8 Å². The largest absolute Gasteiger partial charge is 0.321 e. The Labute approximate surface area is 79.7 Å². The molecule has 1 nitrogen and oxygen atoms in total. The molecule has 1 atom stereocenters. The molecule has 3 heteroatoms. The third kappa shape index (κ3) is 2.04. The van der Waals surface area contributed by atoms with Crippen LogP contribution >= 0.6 is 27.3 Å². The van der Waals surface area contributed by atoms with Crippen LogP contribution in [0.25, 0.3) is 0 Å². The topological polar surface area (TPSA) is 26.0 Å². The molecule has 1 rings (SSSR count). The lowest BCUT2D eigenvalue weighted by atomic mass is 9.99. The molecular formula is C8H12BrNS. The van der Waals surface area contributed by atoms with E-state index in [4.69, 9.17) is 5.73 Å². The first-order valence-corrected chi connectivity index (χ1v) is 5.22. The quantitative estimate of drug-likeness (QED) is 0.835. The minimum Gasteiger partial charge on any atom is -0.321 e. The van der Waals surface area contributed by atoms with Gasteiger partial charge in [-0.3, -0.25) is 0 Å². The molecule has 0 unspecified atom stereocenters. The zero-order valence-electron chi connectivity index (χ0n) is 6.73. The molecule has 0 fully saturated rings. The Kier molecular flexibility index (Phi) is 2.73. The first-order chi connectivity index (χ1) is 5.06. The number of thiophene rings is 1. The maximum Gasteiger partial charge on any atom is 0.0702 e. The van der Waals surface area contributed by atoms with E-state index in [1.807, 2.05) is 6.07 Å². The third-order valence-electron chi connectivity index (χ3n) is 1.87. The van der Waals surface area contributed by atoms with Gasteiger partial charge in [-0.1, -0.05) is 6.92 Å². The Morgan fingerprint density at radius 2 is 2.27 bits per heavy atom. The van der Waals surface area contributed by atoms with Gasteiger partial charge in [-0.05, 0) is 41.4 Å². The van der Waals surface area contributed by atoms with Crippen LogP contribution in [0.4, 0.5) is 0 Å². The van der Waals surface area contributed by atoms with Crippen LogP contribution in [0.15, 0.2) is 15.9 Å². The van der Waals surface area contributed by atoms with Crippen molar-refractivity contribution in [1.29, 1.82) is 0 Å². The van der Waals surface area contributed by atoms with Crippen LogP contribution in [0.5, 0.6) is 0 Å². The lowest BCUT2D eigenvalue weighted by molar-refractivity contribution is 0.486. The average Bonchev–Trinajstić information content (AvgIpc) is 2.36.